The third-order valence-electron chi connectivity index (χ3n) is 4.22. The molecular weight excluding hydrogens is 457 g/mol. The fourth-order valence-electron chi connectivity index (χ4n) is 2.79. The van der Waals surface area contributed by atoms with Crippen molar-refractivity contribution in [2.45, 2.75) is 49.1 Å². The number of rotatable bonds is 6. The molecule has 1 atom stereocenters. The van der Waals surface area contributed by atoms with Crippen molar-refractivity contribution in [2.75, 3.05) is 25.4 Å². The van der Waals surface area contributed by atoms with Crippen LogP contribution in [-0.4, -0.2) is 60.8 Å². The lowest BCUT2D eigenvalue weighted by Gasteiger charge is -2.30. The first-order valence-electron chi connectivity index (χ1n) is 9.49. The van der Waals surface area contributed by atoms with E-state index in [0.717, 1.165) is 22.5 Å². The number of sulfonamides is 1. The van der Waals surface area contributed by atoms with Gasteiger partial charge >= 0.3 is 12.3 Å². The average Bonchev–Trinajstić information content (AvgIpc) is 2.64. The highest BCUT2D eigenvalue weighted by atomic mass is 32.2. The molecule has 1 amide bonds. The highest BCUT2D eigenvalue weighted by Gasteiger charge is 2.36. The predicted octanol–water partition coefficient (Wildman–Crippen LogP) is 3.30. The van der Waals surface area contributed by atoms with E-state index in [-0.39, 0.29) is 31.8 Å². The van der Waals surface area contributed by atoms with Crippen molar-refractivity contribution in [3.8, 4) is 0 Å². The van der Waals surface area contributed by atoms with Crippen LogP contribution in [0.25, 0.3) is 0 Å². The topological polar surface area (TPSA) is 92.8 Å². The minimum absolute atomic E-state index is 0.0324. The smallest absolute Gasteiger partial charge is 0.416 e. The molecule has 31 heavy (non-hydrogen) atoms. The summed E-state index contributed by atoms with van der Waals surface area (Å²) in [6.07, 6.45) is -5.30. The van der Waals surface area contributed by atoms with Crippen LogP contribution in [0.15, 0.2) is 29.2 Å². The maximum Gasteiger partial charge on any atom is 0.416 e. The number of hydrogen-bond donors (Lipinski definition) is 1. The standard InChI is InChI=1S/C19H25F3N2O5S2/c1-18(2,3)29-17(26)23-8-10-30-16-12-24(9-7-15(16)25)31(27,28)14-6-4-5-13(11-14)19(20,21)22/h4-6,11,16H,7-10,12H2,1-3H3,(H,23,26). The van der Waals surface area contributed by atoms with E-state index in [9.17, 15) is 31.2 Å². The molecule has 0 spiro atoms. The molecule has 1 fully saturated rings. The number of carbonyl (C=O) groups excluding carboxylic acids is 2. The molecule has 0 aliphatic carbocycles. The van der Waals surface area contributed by atoms with E-state index in [0.29, 0.717) is 11.8 Å². The maximum absolute atomic E-state index is 12.9. The summed E-state index contributed by atoms with van der Waals surface area (Å²) in [5.41, 5.74) is -1.70. The number of carbonyl (C=O) groups is 2. The summed E-state index contributed by atoms with van der Waals surface area (Å²) in [6.45, 7) is 5.15. The second-order valence-corrected chi connectivity index (χ2v) is 11.1. The highest BCUT2D eigenvalue weighted by Crippen LogP contribution is 2.32. The Labute approximate surface area is 183 Å². The van der Waals surface area contributed by atoms with Crippen LogP contribution in [0.3, 0.4) is 0 Å². The number of piperidine rings is 1. The second kappa shape index (κ2) is 9.78. The number of amides is 1. The van der Waals surface area contributed by atoms with Gasteiger partial charge < -0.3 is 10.1 Å². The molecule has 2 rings (SSSR count). The van der Waals surface area contributed by atoms with E-state index in [4.69, 9.17) is 4.74 Å². The first-order valence-corrected chi connectivity index (χ1v) is 12.0. The first-order chi connectivity index (χ1) is 14.2. The first kappa shape index (κ1) is 25.5. The van der Waals surface area contributed by atoms with Crippen LogP contribution < -0.4 is 5.32 Å². The van der Waals surface area contributed by atoms with Gasteiger partial charge in [0.05, 0.1) is 15.7 Å². The van der Waals surface area contributed by atoms with Gasteiger partial charge in [0.2, 0.25) is 10.0 Å². The Bertz CT molecular complexity index is 914. The zero-order chi connectivity index (χ0) is 23.4. The van der Waals surface area contributed by atoms with Gasteiger partial charge in [0.1, 0.15) is 11.4 Å². The number of benzene rings is 1. The monoisotopic (exact) mass is 482 g/mol. The summed E-state index contributed by atoms with van der Waals surface area (Å²) in [4.78, 5) is 23.4. The third-order valence-corrected chi connectivity index (χ3v) is 7.34. The lowest BCUT2D eigenvalue weighted by Crippen LogP contribution is -2.46. The summed E-state index contributed by atoms with van der Waals surface area (Å²) < 4.78 is 70.6. The Kier molecular flexibility index (Phi) is 8.04. The molecule has 1 aliphatic rings. The van der Waals surface area contributed by atoms with E-state index in [2.05, 4.69) is 5.32 Å². The Morgan fingerprint density at radius 2 is 1.97 bits per heavy atom. The molecule has 0 aromatic heterocycles. The number of alkyl halides is 3. The van der Waals surface area contributed by atoms with Crippen LogP contribution in [-0.2, 0) is 25.7 Å². The molecule has 1 aliphatic heterocycles. The third kappa shape index (κ3) is 7.39. The van der Waals surface area contributed by atoms with Crippen LogP contribution in [0.2, 0.25) is 0 Å². The van der Waals surface area contributed by atoms with E-state index in [1.165, 1.54) is 11.8 Å². The average molecular weight is 483 g/mol. The summed E-state index contributed by atoms with van der Waals surface area (Å²) in [6, 6.07) is 3.54. The molecule has 1 aromatic rings. The molecule has 1 unspecified atom stereocenters. The predicted molar refractivity (Wildman–Crippen MR) is 110 cm³/mol. The Morgan fingerprint density at radius 1 is 1.29 bits per heavy atom. The minimum atomic E-state index is -4.66. The largest absolute Gasteiger partial charge is 0.444 e. The lowest BCUT2D eigenvalue weighted by molar-refractivity contribution is -0.137. The van der Waals surface area contributed by atoms with Crippen molar-refractivity contribution >= 4 is 33.7 Å². The number of ketones is 1. The van der Waals surface area contributed by atoms with Crippen molar-refractivity contribution in [3.63, 3.8) is 0 Å². The summed E-state index contributed by atoms with van der Waals surface area (Å²) in [5, 5.41) is 1.88. The molecule has 0 bridgehead atoms. The number of thioether (sulfide) groups is 1. The Hall–Kier alpha value is -1.79. The fourth-order valence-corrected chi connectivity index (χ4v) is 5.48. The van der Waals surface area contributed by atoms with E-state index in [1.54, 1.807) is 20.8 Å². The normalized spacial score (nSPS) is 18.6. The van der Waals surface area contributed by atoms with Crippen molar-refractivity contribution in [1.29, 1.82) is 0 Å². The van der Waals surface area contributed by atoms with E-state index < -0.39 is 43.6 Å². The lowest BCUT2D eigenvalue weighted by atomic mass is 10.1. The molecule has 1 aromatic carbocycles. The second-order valence-electron chi connectivity index (χ2n) is 7.89. The zero-order valence-electron chi connectivity index (χ0n) is 17.4. The van der Waals surface area contributed by atoms with Crippen molar-refractivity contribution in [1.82, 2.24) is 9.62 Å². The van der Waals surface area contributed by atoms with Crippen molar-refractivity contribution in [3.05, 3.63) is 29.8 Å². The molecule has 1 N–H and O–H groups in total. The van der Waals surface area contributed by atoms with Gasteiger partial charge in [-0.2, -0.15) is 17.5 Å². The minimum Gasteiger partial charge on any atom is -0.444 e. The molecule has 12 heteroatoms. The molecule has 7 nitrogen and oxygen atoms in total. The molecular formula is C19H25F3N2O5S2. The molecule has 1 heterocycles. The fraction of sp³-hybridized carbons (Fsp3) is 0.579. The number of Topliss-reactive ketones (excluding diaryl/α,β-unsaturated/α-hetero) is 1. The van der Waals surface area contributed by atoms with Crippen molar-refractivity contribution < 1.29 is 35.9 Å². The van der Waals surface area contributed by atoms with Gasteiger partial charge in [-0.15, -0.1) is 11.8 Å². The van der Waals surface area contributed by atoms with Gasteiger partial charge in [-0.25, -0.2) is 13.2 Å². The number of ether oxygens (including phenoxy) is 1. The van der Waals surface area contributed by atoms with Crippen molar-refractivity contribution in [2.24, 2.45) is 0 Å². The van der Waals surface area contributed by atoms with Crippen LogP contribution in [0.1, 0.15) is 32.8 Å². The van der Waals surface area contributed by atoms with Gasteiger partial charge in [0.25, 0.3) is 0 Å². The van der Waals surface area contributed by atoms with Crippen LogP contribution in [0.5, 0.6) is 0 Å². The number of halogens is 3. The Balaban J connectivity index is 1.99. The quantitative estimate of drug-likeness (QED) is 0.626. The summed E-state index contributed by atoms with van der Waals surface area (Å²) >= 11 is 1.18. The number of nitrogens with zero attached hydrogens (tertiary/aromatic N) is 1. The number of alkyl carbamates (subject to hydrolysis) is 1. The molecule has 174 valence electrons. The van der Waals surface area contributed by atoms with E-state index in [1.807, 2.05) is 0 Å². The van der Waals surface area contributed by atoms with Gasteiger partial charge in [-0.1, -0.05) is 6.07 Å². The Morgan fingerprint density at radius 3 is 2.58 bits per heavy atom. The van der Waals surface area contributed by atoms with Crippen LogP contribution in [0, 0.1) is 0 Å². The zero-order valence-corrected chi connectivity index (χ0v) is 19.0. The van der Waals surface area contributed by atoms with Crippen LogP contribution in [0.4, 0.5) is 18.0 Å². The summed E-state index contributed by atoms with van der Waals surface area (Å²) in [5.74, 6) is 0.199. The van der Waals surface area contributed by atoms with Gasteiger partial charge in [0.15, 0.2) is 0 Å². The van der Waals surface area contributed by atoms with Gasteiger partial charge in [0, 0.05) is 31.8 Å². The van der Waals surface area contributed by atoms with Gasteiger partial charge in [-0.3, -0.25) is 4.79 Å². The van der Waals surface area contributed by atoms with E-state index >= 15 is 0 Å². The number of nitrogens with one attached hydrogen (secondary N) is 1. The highest BCUT2D eigenvalue weighted by molar-refractivity contribution is 8.00. The molecule has 0 saturated carbocycles. The molecule has 0 radical (unpaired) electrons. The summed E-state index contributed by atoms with van der Waals surface area (Å²) in [7, 11) is -4.19. The van der Waals surface area contributed by atoms with Gasteiger partial charge in [-0.05, 0) is 39.0 Å². The maximum atomic E-state index is 12.9. The van der Waals surface area contributed by atoms with Crippen LogP contribution >= 0.6 is 11.8 Å². The molecule has 1 saturated heterocycles. The number of hydrogen-bond acceptors (Lipinski definition) is 6. The SMILES string of the molecule is CC(C)(C)OC(=O)NCCSC1CN(S(=O)(=O)c2cccc(C(F)(F)F)c2)CCC1=O.